The van der Waals surface area contributed by atoms with Gasteiger partial charge in [0.15, 0.2) is 11.6 Å². The predicted octanol–water partition coefficient (Wildman–Crippen LogP) is 2.34. The summed E-state index contributed by atoms with van der Waals surface area (Å²) < 4.78 is 5.38. The van der Waals surface area contributed by atoms with E-state index in [0.29, 0.717) is 35.3 Å². The largest absolute Gasteiger partial charge is 0.372 e. The highest BCUT2D eigenvalue weighted by molar-refractivity contribution is 6.27. The Morgan fingerprint density at radius 1 is 0.944 bits per heavy atom. The summed E-state index contributed by atoms with van der Waals surface area (Å²) in [7, 11) is 0. The Hall–Kier alpha value is -2.00. The third kappa shape index (κ3) is 1.56. The van der Waals surface area contributed by atoms with E-state index in [-0.39, 0.29) is 18.2 Å². The number of Topliss-reactive ketones (excluding diaryl/α,β-unsaturated/α-hetero) is 2. The lowest BCUT2D eigenvalue weighted by Crippen LogP contribution is -2.23. The van der Waals surface area contributed by atoms with Gasteiger partial charge >= 0.3 is 0 Å². The Kier molecular flexibility index (Phi) is 2.49. The van der Waals surface area contributed by atoms with E-state index in [2.05, 4.69) is 6.58 Å². The number of benzene rings is 1. The summed E-state index contributed by atoms with van der Waals surface area (Å²) in [5.41, 5.74) is 2.87. The van der Waals surface area contributed by atoms with Crippen LogP contribution in [0.1, 0.15) is 27.1 Å². The molecule has 1 aliphatic carbocycles. The van der Waals surface area contributed by atoms with Crippen LogP contribution < -0.4 is 0 Å². The molecule has 1 aliphatic heterocycles. The van der Waals surface area contributed by atoms with Crippen LogP contribution >= 0.6 is 0 Å². The first-order chi connectivity index (χ1) is 8.68. The first-order valence-corrected chi connectivity index (χ1v) is 5.83. The molecule has 3 heteroatoms. The summed E-state index contributed by atoms with van der Waals surface area (Å²) >= 11 is 0. The highest BCUT2D eigenvalue weighted by Gasteiger charge is 2.32. The van der Waals surface area contributed by atoms with Crippen LogP contribution in [0.2, 0.25) is 0 Å². The van der Waals surface area contributed by atoms with Gasteiger partial charge in [0, 0.05) is 22.3 Å². The lowest BCUT2D eigenvalue weighted by Gasteiger charge is -2.18. The molecule has 90 valence electrons. The molecule has 3 nitrogen and oxygen atoms in total. The minimum absolute atomic E-state index is 0.0631. The molecule has 0 aromatic heterocycles. The number of fused-ring (bicyclic) bond motifs is 1. The molecule has 18 heavy (non-hydrogen) atoms. The number of ether oxygens (including phenoxy) is 1. The Bertz CT molecular complexity index is 608. The molecule has 3 rings (SSSR count). The number of hydrogen-bond donors (Lipinski definition) is 0. The summed E-state index contributed by atoms with van der Waals surface area (Å²) in [5, 5.41) is 0. The SMILES string of the molecule is C=C1COCC2=C(C1)C(=O)c1ccccc1C2=O. The van der Waals surface area contributed by atoms with Crippen molar-refractivity contribution in [2.75, 3.05) is 13.2 Å². The van der Waals surface area contributed by atoms with Crippen LogP contribution in [0, 0.1) is 0 Å². The third-order valence-corrected chi connectivity index (χ3v) is 3.31. The molecule has 0 atom stereocenters. The summed E-state index contributed by atoms with van der Waals surface area (Å²) in [6.07, 6.45) is 0.439. The molecule has 1 aromatic carbocycles. The lowest BCUT2D eigenvalue weighted by atomic mass is 9.82. The van der Waals surface area contributed by atoms with Crippen molar-refractivity contribution in [2.45, 2.75) is 6.42 Å². The fraction of sp³-hybridized carbons (Fsp3) is 0.200. The van der Waals surface area contributed by atoms with Crippen LogP contribution in [0.4, 0.5) is 0 Å². The first kappa shape index (κ1) is 11.1. The van der Waals surface area contributed by atoms with E-state index in [1.54, 1.807) is 24.3 Å². The number of rotatable bonds is 0. The molecule has 0 fully saturated rings. The molecular formula is C15H12O3. The van der Waals surface area contributed by atoms with E-state index in [1.807, 2.05) is 0 Å². The van der Waals surface area contributed by atoms with E-state index in [1.165, 1.54) is 0 Å². The van der Waals surface area contributed by atoms with Gasteiger partial charge in [0.1, 0.15) is 0 Å². The van der Waals surface area contributed by atoms with Crippen LogP contribution in [0.25, 0.3) is 0 Å². The molecule has 0 bridgehead atoms. The van der Waals surface area contributed by atoms with Gasteiger partial charge in [-0.3, -0.25) is 9.59 Å². The quantitative estimate of drug-likeness (QED) is 0.654. The average molecular weight is 240 g/mol. The van der Waals surface area contributed by atoms with Crippen molar-refractivity contribution in [1.29, 1.82) is 0 Å². The fourth-order valence-electron chi connectivity index (χ4n) is 2.42. The predicted molar refractivity (Wildman–Crippen MR) is 66.7 cm³/mol. The van der Waals surface area contributed by atoms with Crippen LogP contribution in [-0.2, 0) is 4.74 Å². The van der Waals surface area contributed by atoms with Crippen LogP contribution in [0.3, 0.4) is 0 Å². The molecule has 1 heterocycles. The minimum atomic E-state index is -0.0881. The second-order valence-electron chi connectivity index (χ2n) is 4.58. The number of carbonyl (C=O) groups is 2. The molecule has 0 saturated heterocycles. The van der Waals surface area contributed by atoms with Crippen molar-refractivity contribution in [1.82, 2.24) is 0 Å². The molecule has 0 saturated carbocycles. The molecule has 0 amide bonds. The molecule has 1 aromatic rings. The van der Waals surface area contributed by atoms with Gasteiger partial charge in [-0.05, 0) is 12.0 Å². The van der Waals surface area contributed by atoms with E-state index in [9.17, 15) is 9.59 Å². The second-order valence-corrected chi connectivity index (χ2v) is 4.58. The maximum absolute atomic E-state index is 12.4. The van der Waals surface area contributed by atoms with E-state index >= 15 is 0 Å². The van der Waals surface area contributed by atoms with Crippen molar-refractivity contribution in [3.05, 3.63) is 58.7 Å². The maximum Gasteiger partial charge on any atom is 0.192 e. The van der Waals surface area contributed by atoms with Crippen LogP contribution in [-0.4, -0.2) is 24.8 Å². The number of hydrogen-bond acceptors (Lipinski definition) is 3. The Balaban J connectivity index is 2.18. The van der Waals surface area contributed by atoms with Crippen molar-refractivity contribution in [2.24, 2.45) is 0 Å². The molecule has 2 aliphatic rings. The van der Waals surface area contributed by atoms with Crippen LogP contribution in [0.15, 0.2) is 47.6 Å². The average Bonchev–Trinajstić information content (AvgIpc) is 2.58. The summed E-state index contributed by atoms with van der Waals surface area (Å²) in [6, 6.07) is 6.94. The number of ketones is 2. The summed E-state index contributed by atoms with van der Waals surface area (Å²) in [6.45, 7) is 4.47. The number of carbonyl (C=O) groups excluding carboxylic acids is 2. The van der Waals surface area contributed by atoms with Gasteiger partial charge in [0.05, 0.1) is 13.2 Å². The van der Waals surface area contributed by atoms with Crippen molar-refractivity contribution >= 4 is 11.6 Å². The standard InChI is InChI=1S/C15H12O3/c1-9-6-12-13(8-18-7-9)15(17)11-5-3-2-4-10(11)14(12)16/h2-5H,1,6-8H2. The zero-order valence-corrected chi connectivity index (χ0v) is 9.86. The third-order valence-electron chi connectivity index (χ3n) is 3.31. The highest BCUT2D eigenvalue weighted by Crippen LogP contribution is 2.31. The molecule has 0 unspecified atom stereocenters. The van der Waals surface area contributed by atoms with Gasteiger partial charge in [-0.25, -0.2) is 0 Å². The van der Waals surface area contributed by atoms with E-state index in [4.69, 9.17) is 4.74 Å². The molecule has 0 spiro atoms. The lowest BCUT2D eigenvalue weighted by molar-refractivity contribution is 0.0952. The monoisotopic (exact) mass is 240 g/mol. The Labute approximate surface area is 105 Å². The van der Waals surface area contributed by atoms with Crippen molar-refractivity contribution < 1.29 is 14.3 Å². The van der Waals surface area contributed by atoms with Gasteiger partial charge in [-0.15, -0.1) is 0 Å². The van der Waals surface area contributed by atoms with Gasteiger partial charge in [-0.1, -0.05) is 30.8 Å². The maximum atomic E-state index is 12.4. The zero-order valence-electron chi connectivity index (χ0n) is 9.86. The summed E-state index contributed by atoms with van der Waals surface area (Å²) in [5.74, 6) is -0.151. The molecular weight excluding hydrogens is 228 g/mol. The highest BCUT2D eigenvalue weighted by atomic mass is 16.5. The zero-order chi connectivity index (χ0) is 12.7. The normalized spacial score (nSPS) is 19.4. The van der Waals surface area contributed by atoms with Gasteiger partial charge in [-0.2, -0.15) is 0 Å². The second kappa shape index (κ2) is 4.03. The summed E-state index contributed by atoms with van der Waals surface area (Å²) in [4.78, 5) is 24.7. The smallest absolute Gasteiger partial charge is 0.192 e. The van der Waals surface area contributed by atoms with E-state index in [0.717, 1.165) is 5.57 Å². The van der Waals surface area contributed by atoms with Gasteiger partial charge < -0.3 is 4.74 Å². The fourth-order valence-corrected chi connectivity index (χ4v) is 2.42. The first-order valence-electron chi connectivity index (χ1n) is 5.83. The Morgan fingerprint density at radius 2 is 1.56 bits per heavy atom. The Morgan fingerprint density at radius 3 is 2.22 bits per heavy atom. The van der Waals surface area contributed by atoms with Crippen molar-refractivity contribution in [3.63, 3.8) is 0 Å². The minimum Gasteiger partial charge on any atom is -0.372 e. The van der Waals surface area contributed by atoms with Crippen molar-refractivity contribution in [3.8, 4) is 0 Å². The molecule has 0 N–H and O–H groups in total. The van der Waals surface area contributed by atoms with Gasteiger partial charge in [0.25, 0.3) is 0 Å². The van der Waals surface area contributed by atoms with Crippen LogP contribution in [0.5, 0.6) is 0 Å². The number of allylic oxidation sites excluding steroid dienone is 1. The van der Waals surface area contributed by atoms with E-state index < -0.39 is 0 Å². The molecule has 0 radical (unpaired) electrons. The van der Waals surface area contributed by atoms with Gasteiger partial charge in [0.2, 0.25) is 0 Å². The topological polar surface area (TPSA) is 43.4 Å².